The Hall–Kier alpha value is -1.72. The molecule has 0 unspecified atom stereocenters. The normalized spacial score (nSPS) is 13.2. The average Bonchev–Trinajstić information content (AvgIpc) is 3.01. The number of carbonyl (C=O) groups excluding carboxylic acids is 1. The topological polar surface area (TPSA) is 51.2 Å². The molecule has 1 aliphatic carbocycles. The SMILES string of the molecule is O=C(COCc1ccccc1)Nc1nc2c(s1)CCC2. The largest absolute Gasteiger partial charge is 0.367 e. The van der Waals surface area contributed by atoms with Gasteiger partial charge in [0.25, 0.3) is 5.91 Å². The van der Waals surface area contributed by atoms with Crippen LogP contribution in [0.15, 0.2) is 30.3 Å². The monoisotopic (exact) mass is 288 g/mol. The van der Waals surface area contributed by atoms with Crippen LogP contribution in [0.3, 0.4) is 0 Å². The number of fused-ring (bicyclic) bond motifs is 1. The third-order valence-corrected chi connectivity index (χ3v) is 4.26. The van der Waals surface area contributed by atoms with Crippen LogP contribution in [0.1, 0.15) is 22.6 Å². The van der Waals surface area contributed by atoms with E-state index in [4.69, 9.17) is 4.74 Å². The Balaban J connectivity index is 1.45. The predicted molar refractivity (Wildman–Crippen MR) is 78.9 cm³/mol. The van der Waals surface area contributed by atoms with Crippen LogP contribution in [0, 0.1) is 0 Å². The molecule has 104 valence electrons. The highest BCUT2D eigenvalue weighted by Crippen LogP contribution is 2.30. The quantitative estimate of drug-likeness (QED) is 0.920. The maximum Gasteiger partial charge on any atom is 0.252 e. The fraction of sp³-hybridized carbons (Fsp3) is 0.333. The van der Waals surface area contributed by atoms with Gasteiger partial charge in [0.2, 0.25) is 0 Å². The highest BCUT2D eigenvalue weighted by molar-refractivity contribution is 7.15. The van der Waals surface area contributed by atoms with Crippen LogP contribution >= 0.6 is 11.3 Å². The number of aryl methyl sites for hydroxylation is 2. The van der Waals surface area contributed by atoms with Gasteiger partial charge in [-0.25, -0.2) is 4.98 Å². The lowest BCUT2D eigenvalue weighted by atomic mass is 10.2. The van der Waals surface area contributed by atoms with Gasteiger partial charge >= 0.3 is 0 Å². The fourth-order valence-electron chi connectivity index (χ4n) is 2.24. The number of nitrogens with one attached hydrogen (secondary N) is 1. The number of amides is 1. The third kappa shape index (κ3) is 3.23. The van der Waals surface area contributed by atoms with E-state index in [-0.39, 0.29) is 12.5 Å². The lowest BCUT2D eigenvalue weighted by Crippen LogP contribution is -2.18. The number of aromatic nitrogens is 1. The molecule has 0 radical (unpaired) electrons. The van der Waals surface area contributed by atoms with Crippen LogP contribution in [0.5, 0.6) is 0 Å². The van der Waals surface area contributed by atoms with E-state index in [1.165, 1.54) is 11.3 Å². The minimum Gasteiger partial charge on any atom is -0.367 e. The van der Waals surface area contributed by atoms with E-state index in [2.05, 4.69) is 10.3 Å². The maximum atomic E-state index is 11.8. The van der Waals surface area contributed by atoms with Crippen molar-refractivity contribution in [1.29, 1.82) is 0 Å². The zero-order valence-electron chi connectivity index (χ0n) is 11.1. The second-order valence-electron chi connectivity index (χ2n) is 4.77. The number of anilines is 1. The van der Waals surface area contributed by atoms with E-state index in [0.29, 0.717) is 11.7 Å². The predicted octanol–water partition coefficient (Wildman–Crippen LogP) is 2.79. The zero-order valence-corrected chi connectivity index (χ0v) is 11.9. The van der Waals surface area contributed by atoms with Crippen LogP contribution in [-0.2, 0) is 29.0 Å². The molecular weight excluding hydrogens is 272 g/mol. The lowest BCUT2D eigenvalue weighted by Gasteiger charge is -2.04. The molecule has 1 N–H and O–H groups in total. The van der Waals surface area contributed by atoms with E-state index >= 15 is 0 Å². The Morgan fingerprint density at radius 2 is 2.15 bits per heavy atom. The number of benzene rings is 1. The molecule has 4 nitrogen and oxygen atoms in total. The van der Waals surface area contributed by atoms with E-state index < -0.39 is 0 Å². The number of carbonyl (C=O) groups is 1. The number of nitrogens with zero attached hydrogens (tertiary/aromatic N) is 1. The average molecular weight is 288 g/mol. The molecule has 1 aromatic heterocycles. The fourth-order valence-corrected chi connectivity index (χ4v) is 3.30. The van der Waals surface area contributed by atoms with Crippen molar-refractivity contribution in [2.45, 2.75) is 25.9 Å². The Morgan fingerprint density at radius 1 is 1.30 bits per heavy atom. The highest BCUT2D eigenvalue weighted by Gasteiger charge is 2.17. The van der Waals surface area contributed by atoms with Crippen molar-refractivity contribution in [3.8, 4) is 0 Å². The van der Waals surface area contributed by atoms with Crippen molar-refractivity contribution in [2.24, 2.45) is 0 Å². The first-order chi connectivity index (χ1) is 9.81. The van der Waals surface area contributed by atoms with Gasteiger partial charge in [-0.15, -0.1) is 11.3 Å². The van der Waals surface area contributed by atoms with E-state index in [1.54, 1.807) is 11.3 Å². The van der Waals surface area contributed by atoms with E-state index in [9.17, 15) is 4.79 Å². The molecule has 0 aliphatic heterocycles. The molecule has 20 heavy (non-hydrogen) atoms. The molecule has 3 rings (SSSR count). The number of rotatable bonds is 5. The first kappa shape index (κ1) is 13.3. The smallest absolute Gasteiger partial charge is 0.252 e. The summed E-state index contributed by atoms with van der Waals surface area (Å²) in [5, 5.41) is 3.50. The van der Waals surface area contributed by atoms with Gasteiger partial charge in [0.15, 0.2) is 5.13 Å². The molecule has 0 saturated carbocycles. The number of hydrogen-bond acceptors (Lipinski definition) is 4. The molecule has 0 atom stereocenters. The van der Waals surface area contributed by atoms with Crippen LogP contribution in [0.4, 0.5) is 5.13 Å². The Labute approximate surface area is 121 Å². The Morgan fingerprint density at radius 3 is 2.95 bits per heavy atom. The summed E-state index contributed by atoms with van der Waals surface area (Å²) in [5.41, 5.74) is 2.21. The molecular formula is C15H16N2O2S. The van der Waals surface area contributed by atoms with Gasteiger partial charge in [0.05, 0.1) is 12.3 Å². The minimum absolute atomic E-state index is 0.0547. The van der Waals surface area contributed by atoms with Crippen LogP contribution in [0.2, 0.25) is 0 Å². The van der Waals surface area contributed by atoms with Crippen molar-refractivity contribution in [3.05, 3.63) is 46.5 Å². The van der Waals surface area contributed by atoms with Gasteiger partial charge in [-0.3, -0.25) is 10.1 Å². The van der Waals surface area contributed by atoms with Crippen LogP contribution < -0.4 is 5.32 Å². The van der Waals surface area contributed by atoms with Gasteiger partial charge in [-0.05, 0) is 24.8 Å². The van der Waals surface area contributed by atoms with E-state index in [0.717, 1.165) is 24.1 Å². The zero-order chi connectivity index (χ0) is 13.8. The first-order valence-corrected chi connectivity index (χ1v) is 7.53. The van der Waals surface area contributed by atoms with Crippen molar-refractivity contribution in [3.63, 3.8) is 0 Å². The van der Waals surface area contributed by atoms with Crippen LogP contribution in [-0.4, -0.2) is 17.5 Å². The summed E-state index contributed by atoms with van der Waals surface area (Å²) in [6.45, 7) is 0.502. The van der Waals surface area contributed by atoms with Gasteiger partial charge < -0.3 is 4.74 Å². The lowest BCUT2D eigenvalue weighted by molar-refractivity contribution is -0.121. The first-order valence-electron chi connectivity index (χ1n) is 6.71. The van der Waals surface area contributed by atoms with Crippen LogP contribution in [0.25, 0.3) is 0 Å². The van der Waals surface area contributed by atoms with Gasteiger partial charge in [0.1, 0.15) is 6.61 Å². The third-order valence-electron chi connectivity index (χ3n) is 3.19. The highest BCUT2D eigenvalue weighted by atomic mass is 32.1. The molecule has 5 heteroatoms. The van der Waals surface area contributed by atoms with Crippen molar-refractivity contribution in [2.75, 3.05) is 11.9 Å². The Kier molecular flexibility index (Phi) is 4.08. The molecule has 2 aromatic rings. The second-order valence-corrected chi connectivity index (χ2v) is 5.85. The molecule has 0 fully saturated rings. The van der Waals surface area contributed by atoms with Gasteiger partial charge in [-0.2, -0.15) is 0 Å². The maximum absolute atomic E-state index is 11.8. The minimum atomic E-state index is -0.145. The summed E-state index contributed by atoms with van der Waals surface area (Å²) in [7, 11) is 0. The summed E-state index contributed by atoms with van der Waals surface area (Å²) in [6.07, 6.45) is 3.31. The summed E-state index contributed by atoms with van der Waals surface area (Å²) in [5.74, 6) is -0.145. The van der Waals surface area contributed by atoms with Crippen molar-refractivity contribution < 1.29 is 9.53 Å². The standard InChI is InChI=1S/C15H16N2O2S/c18-14(10-19-9-11-5-2-1-3-6-11)17-15-16-12-7-4-8-13(12)20-15/h1-3,5-6H,4,7-10H2,(H,16,17,18). The summed E-state index contributed by atoms with van der Waals surface area (Å²) in [6, 6.07) is 9.82. The number of thiazole rings is 1. The number of hydrogen-bond donors (Lipinski definition) is 1. The van der Waals surface area contributed by atoms with Crippen molar-refractivity contribution in [1.82, 2.24) is 4.98 Å². The summed E-state index contributed by atoms with van der Waals surface area (Å²) < 4.78 is 5.40. The van der Waals surface area contributed by atoms with Crippen molar-refractivity contribution >= 4 is 22.4 Å². The summed E-state index contributed by atoms with van der Waals surface area (Å²) in [4.78, 5) is 17.5. The van der Waals surface area contributed by atoms with E-state index in [1.807, 2.05) is 30.3 Å². The second kappa shape index (κ2) is 6.15. The molecule has 0 saturated heterocycles. The van der Waals surface area contributed by atoms with Gasteiger partial charge in [0, 0.05) is 4.88 Å². The number of ether oxygens (including phenoxy) is 1. The molecule has 1 aromatic carbocycles. The molecule has 1 heterocycles. The molecule has 1 aliphatic rings. The summed E-state index contributed by atoms with van der Waals surface area (Å²) >= 11 is 1.58. The molecule has 0 bridgehead atoms. The van der Waals surface area contributed by atoms with Gasteiger partial charge in [-0.1, -0.05) is 30.3 Å². The Bertz CT molecular complexity index is 574. The molecule has 0 spiro atoms. The molecule has 1 amide bonds.